The zero-order chi connectivity index (χ0) is 22.0. The first-order chi connectivity index (χ1) is 15.0. The predicted molar refractivity (Wildman–Crippen MR) is 115 cm³/mol. The van der Waals surface area contributed by atoms with Gasteiger partial charge in [0.15, 0.2) is 0 Å². The number of hydrogen-bond acceptors (Lipinski definition) is 4. The summed E-state index contributed by atoms with van der Waals surface area (Å²) < 4.78 is 32.5. The first-order valence-corrected chi connectivity index (χ1v) is 10.6. The highest BCUT2D eigenvalue weighted by Crippen LogP contribution is 2.36. The number of nitrogens with zero attached hydrogens (tertiary/aromatic N) is 3. The highest BCUT2D eigenvalue weighted by atomic mass is 19.1. The van der Waals surface area contributed by atoms with Crippen molar-refractivity contribution < 1.29 is 18.1 Å². The lowest BCUT2D eigenvalue weighted by molar-refractivity contribution is 0.0730. The molecule has 7 heteroatoms. The number of benzene rings is 2. The van der Waals surface area contributed by atoms with Gasteiger partial charge in [-0.15, -0.1) is 0 Å². The van der Waals surface area contributed by atoms with E-state index in [0.717, 1.165) is 37.1 Å². The van der Waals surface area contributed by atoms with Gasteiger partial charge in [0.05, 0.1) is 12.1 Å². The number of amides is 1. The van der Waals surface area contributed by atoms with Gasteiger partial charge >= 0.3 is 0 Å². The normalized spacial score (nSPS) is 13.3. The van der Waals surface area contributed by atoms with Crippen LogP contribution in [0.25, 0.3) is 11.3 Å². The minimum absolute atomic E-state index is 0.123. The minimum atomic E-state index is -0.379. The van der Waals surface area contributed by atoms with Crippen LogP contribution < -0.4 is 4.90 Å². The van der Waals surface area contributed by atoms with Crippen LogP contribution in [0.2, 0.25) is 0 Å². The molecule has 0 unspecified atom stereocenters. The smallest absolute Gasteiger partial charge is 0.254 e. The van der Waals surface area contributed by atoms with E-state index in [1.165, 1.54) is 36.4 Å². The van der Waals surface area contributed by atoms with E-state index < -0.39 is 0 Å². The van der Waals surface area contributed by atoms with Crippen LogP contribution in [0.3, 0.4) is 0 Å². The van der Waals surface area contributed by atoms with E-state index >= 15 is 0 Å². The zero-order valence-electron chi connectivity index (χ0n) is 17.6. The third-order valence-corrected chi connectivity index (χ3v) is 5.60. The highest BCUT2D eigenvalue weighted by molar-refractivity contribution is 5.94. The largest absolute Gasteiger partial charge is 0.341 e. The van der Waals surface area contributed by atoms with Gasteiger partial charge < -0.3 is 14.3 Å². The molecule has 2 aromatic carbocycles. The first-order valence-electron chi connectivity index (χ1n) is 10.6. The molecule has 0 spiro atoms. The van der Waals surface area contributed by atoms with Crippen molar-refractivity contribution in [3.05, 3.63) is 71.3 Å². The summed E-state index contributed by atoms with van der Waals surface area (Å²) in [7, 11) is 0. The van der Waals surface area contributed by atoms with Crippen LogP contribution >= 0.6 is 0 Å². The number of carbonyl (C=O) groups is 1. The first kappa shape index (κ1) is 21.0. The molecular weight excluding hydrogens is 400 g/mol. The molecule has 0 aliphatic heterocycles. The van der Waals surface area contributed by atoms with Gasteiger partial charge in [0.2, 0.25) is 5.88 Å². The number of aromatic nitrogens is 1. The van der Waals surface area contributed by atoms with Gasteiger partial charge in [-0.25, -0.2) is 8.78 Å². The maximum atomic E-state index is 13.5. The number of hydrogen-bond donors (Lipinski definition) is 0. The SMILES string of the molecule is CCN(CC)c1onc(-c2ccc(F)cc2)c1CN(C(=O)c1ccc(F)cc1)C1CC1. The monoisotopic (exact) mass is 425 g/mol. The number of halogens is 2. The summed E-state index contributed by atoms with van der Waals surface area (Å²) in [5.74, 6) is -0.249. The quantitative estimate of drug-likeness (QED) is 0.493. The summed E-state index contributed by atoms with van der Waals surface area (Å²) in [6.45, 7) is 5.79. The third kappa shape index (κ3) is 4.45. The number of anilines is 1. The lowest BCUT2D eigenvalue weighted by Crippen LogP contribution is -2.33. The molecule has 1 aliphatic rings. The van der Waals surface area contributed by atoms with Crippen LogP contribution in [0.4, 0.5) is 14.7 Å². The van der Waals surface area contributed by atoms with Crippen molar-refractivity contribution in [3.8, 4) is 11.3 Å². The van der Waals surface area contributed by atoms with Gasteiger partial charge in [-0.3, -0.25) is 4.79 Å². The molecule has 162 valence electrons. The Labute approximate surface area is 180 Å². The minimum Gasteiger partial charge on any atom is -0.341 e. The Kier molecular flexibility index (Phi) is 6.02. The molecule has 5 nitrogen and oxygen atoms in total. The van der Waals surface area contributed by atoms with Crippen LogP contribution in [0.15, 0.2) is 53.1 Å². The summed E-state index contributed by atoms with van der Waals surface area (Å²) in [6.07, 6.45) is 1.84. The molecule has 31 heavy (non-hydrogen) atoms. The second-order valence-electron chi connectivity index (χ2n) is 7.67. The summed E-state index contributed by atoms with van der Waals surface area (Å²) >= 11 is 0. The van der Waals surface area contributed by atoms with E-state index in [1.807, 2.05) is 18.7 Å². The Morgan fingerprint density at radius 3 is 2.13 bits per heavy atom. The van der Waals surface area contributed by atoms with Crippen molar-refractivity contribution >= 4 is 11.8 Å². The van der Waals surface area contributed by atoms with Crippen molar-refractivity contribution in [1.29, 1.82) is 0 Å². The van der Waals surface area contributed by atoms with Gasteiger partial charge in [0.1, 0.15) is 17.3 Å². The van der Waals surface area contributed by atoms with Crippen LogP contribution in [0.1, 0.15) is 42.6 Å². The maximum absolute atomic E-state index is 13.5. The second-order valence-corrected chi connectivity index (χ2v) is 7.67. The average molecular weight is 425 g/mol. The third-order valence-electron chi connectivity index (χ3n) is 5.60. The fourth-order valence-electron chi connectivity index (χ4n) is 3.72. The molecule has 0 bridgehead atoms. The molecule has 0 saturated heterocycles. The van der Waals surface area contributed by atoms with Gasteiger partial charge in [-0.05, 0) is 75.2 Å². The van der Waals surface area contributed by atoms with Crippen molar-refractivity contribution in [2.75, 3.05) is 18.0 Å². The zero-order valence-corrected chi connectivity index (χ0v) is 17.6. The van der Waals surface area contributed by atoms with Gasteiger partial charge in [0.25, 0.3) is 5.91 Å². The predicted octanol–water partition coefficient (Wildman–Crippen LogP) is 5.27. The molecule has 1 heterocycles. The molecule has 3 aromatic rings. The Bertz CT molecular complexity index is 1040. The average Bonchev–Trinajstić information content (AvgIpc) is 3.54. The maximum Gasteiger partial charge on any atom is 0.254 e. The fourth-order valence-corrected chi connectivity index (χ4v) is 3.72. The van der Waals surface area contributed by atoms with E-state index in [1.54, 1.807) is 17.0 Å². The van der Waals surface area contributed by atoms with Crippen molar-refractivity contribution in [1.82, 2.24) is 10.1 Å². The van der Waals surface area contributed by atoms with Gasteiger partial charge in [-0.1, -0.05) is 5.16 Å². The van der Waals surface area contributed by atoms with Gasteiger partial charge in [0, 0.05) is 30.3 Å². The summed E-state index contributed by atoms with van der Waals surface area (Å²) in [4.78, 5) is 17.1. The van der Waals surface area contributed by atoms with E-state index in [9.17, 15) is 13.6 Å². The summed E-state index contributed by atoms with van der Waals surface area (Å²) in [5.41, 5.74) is 2.55. The highest BCUT2D eigenvalue weighted by Gasteiger charge is 2.35. The van der Waals surface area contributed by atoms with E-state index in [4.69, 9.17) is 4.52 Å². The van der Waals surface area contributed by atoms with E-state index in [2.05, 4.69) is 5.16 Å². The Hall–Kier alpha value is -3.22. The molecule has 1 saturated carbocycles. The number of carbonyl (C=O) groups excluding carboxylic acids is 1. The molecular formula is C24H25F2N3O2. The Morgan fingerprint density at radius 1 is 1.00 bits per heavy atom. The van der Waals surface area contributed by atoms with Crippen molar-refractivity contribution in [2.45, 2.75) is 39.3 Å². The van der Waals surface area contributed by atoms with Crippen molar-refractivity contribution in [3.63, 3.8) is 0 Å². The van der Waals surface area contributed by atoms with Crippen LogP contribution in [-0.2, 0) is 6.54 Å². The van der Waals surface area contributed by atoms with Crippen LogP contribution in [0, 0.1) is 11.6 Å². The standard InChI is InChI=1S/C24H25F2N3O2/c1-3-28(4-2)24-21(22(27-31-24)16-5-9-18(25)10-6-16)15-29(20-13-14-20)23(30)17-7-11-19(26)12-8-17/h5-12,20H,3-4,13-15H2,1-2H3. The lowest BCUT2D eigenvalue weighted by atomic mass is 10.1. The van der Waals surface area contributed by atoms with E-state index in [0.29, 0.717) is 23.7 Å². The molecule has 0 atom stereocenters. The van der Waals surface area contributed by atoms with Crippen molar-refractivity contribution in [2.24, 2.45) is 0 Å². The van der Waals surface area contributed by atoms with E-state index in [-0.39, 0.29) is 23.6 Å². The van der Waals surface area contributed by atoms with Crippen LogP contribution in [0.5, 0.6) is 0 Å². The second kappa shape index (κ2) is 8.88. The fraction of sp³-hybridized carbons (Fsp3) is 0.333. The molecule has 1 fully saturated rings. The molecule has 1 amide bonds. The lowest BCUT2D eigenvalue weighted by Gasteiger charge is -2.25. The Balaban J connectivity index is 1.73. The molecule has 1 aromatic heterocycles. The Morgan fingerprint density at radius 2 is 1.58 bits per heavy atom. The van der Waals surface area contributed by atoms with Crippen LogP contribution in [-0.4, -0.2) is 35.1 Å². The molecule has 1 aliphatic carbocycles. The summed E-state index contributed by atoms with van der Waals surface area (Å²) in [5, 5.41) is 4.28. The number of rotatable bonds is 8. The summed E-state index contributed by atoms with van der Waals surface area (Å²) in [6, 6.07) is 11.8. The molecule has 0 N–H and O–H groups in total. The molecule has 0 radical (unpaired) electrons. The molecule has 4 rings (SSSR count). The van der Waals surface area contributed by atoms with Gasteiger partial charge in [-0.2, -0.15) is 0 Å². The topological polar surface area (TPSA) is 49.6 Å².